The Morgan fingerprint density at radius 2 is 0.702 bits per heavy atom. The van der Waals surface area contributed by atoms with E-state index in [0.717, 1.165) is 74.8 Å². The van der Waals surface area contributed by atoms with E-state index in [0.29, 0.717) is 139 Å². The van der Waals surface area contributed by atoms with Crippen LogP contribution in [0.25, 0.3) is 24.3 Å². The summed E-state index contributed by atoms with van der Waals surface area (Å²) >= 11 is 29.3. The van der Waals surface area contributed by atoms with Gasteiger partial charge in [-0.3, -0.25) is 39.9 Å². The summed E-state index contributed by atoms with van der Waals surface area (Å²) in [5.74, 6) is -1.65. The number of anilines is 4. The van der Waals surface area contributed by atoms with Crippen LogP contribution in [0.1, 0.15) is 141 Å². The van der Waals surface area contributed by atoms with Crippen LogP contribution in [0.15, 0.2) is 95.1 Å². The summed E-state index contributed by atoms with van der Waals surface area (Å²) < 4.78 is 171. The molecule has 3 aliphatic heterocycles. The lowest BCUT2D eigenvalue weighted by Gasteiger charge is -2.27. The number of nitro benzene ring substituents is 3. The van der Waals surface area contributed by atoms with Crippen molar-refractivity contribution in [1.82, 2.24) is 55.0 Å². The van der Waals surface area contributed by atoms with E-state index in [4.69, 9.17) is 93.9 Å². The number of aliphatic carboxylic acids is 2. The molecule has 7 aliphatic rings. The first-order valence-electron chi connectivity index (χ1n) is 38.7. The average Bonchev–Trinajstić information content (AvgIpc) is 1.64. The Bertz CT molecular complexity index is 5850. The highest BCUT2D eigenvalue weighted by molar-refractivity contribution is 6.33. The zero-order valence-electron chi connectivity index (χ0n) is 68.5. The summed E-state index contributed by atoms with van der Waals surface area (Å²) in [5.41, 5.74) is 10.7. The van der Waals surface area contributed by atoms with Crippen molar-refractivity contribution in [1.29, 1.82) is 0 Å². The number of hydrogen-bond acceptors (Lipinski definition) is 27. The molecule has 7 heterocycles. The molecule has 8 aromatic rings. The Morgan fingerprint density at radius 3 is 1.01 bits per heavy atom. The number of ether oxygens (including phenoxy) is 3. The highest BCUT2D eigenvalue weighted by atomic mass is 35.5. The van der Waals surface area contributed by atoms with E-state index in [1.807, 2.05) is 0 Å². The maximum absolute atomic E-state index is 13.3. The summed E-state index contributed by atoms with van der Waals surface area (Å²) in [6.07, 6.45) is -11.8. The topological polar surface area (TPSA) is 476 Å². The number of carbonyl (C=O) groups excluding carboxylic acids is 2. The predicted molar refractivity (Wildman–Crippen MR) is 453 cm³/mol. The van der Waals surface area contributed by atoms with E-state index in [1.54, 1.807) is 35.8 Å². The van der Waals surface area contributed by atoms with Crippen molar-refractivity contribution in [3.05, 3.63) is 241 Å². The zero-order chi connectivity index (χ0) is 96.2. The van der Waals surface area contributed by atoms with Crippen LogP contribution >= 0.6 is 58.0 Å². The molecule has 4 aliphatic carbocycles. The summed E-state index contributed by atoms with van der Waals surface area (Å²) in [6, 6.07) is 7.56. The van der Waals surface area contributed by atoms with E-state index < -0.39 is 115 Å². The third-order valence-corrected chi connectivity index (χ3v) is 21.1. The van der Waals surface area contributed by atoms with Gasteiger partial charge in [-0.25, -0.2) is 49.5 Å². The fourth-order valence-corrected chi connectivity index (χ4v) is 14.4. The molecule has 3 saturated heterocycles. The number of benzene rings is 4. The lowest BCUT2D eigenvalue weighted by atomic mass is 10.0. The molecule has 3 fully saturated rings. The molecule has 0 saturated carbocycles. The highest BCUT2D eigenvalue weighted by Crippen LogP contribution is 2.43. The van der Waals surface area contributed by atoms with Gasteiger partial charge in [0.15, 0.2) is 0 Å². The van der Waals surface area contributed by atoms with Crippen molar-refractivity contribution in [3.8, 4) is 0 Å². The van der Waals surface area contributed by atoms with Crippen molar-refractivity contribution in [3.63, 3.8) is 0 Å². The van der Waals surface area contributed by atoms with Gasteiger partial charge in [0.25, 0.3) is 17.1 Å². The molecule has 4 aromatic carbocycles. The van der Waals surface area contributed by atoms with E-state index >= 15 is 0 Å². The van der Waals surface area contributed by atoms with Crippen molar-refractivity contribution in [2.24, 2.45) is 5.73 Å². The fourth-order valence-electron chi connectivity index (χ4n) is 13.4. The number of nitrogens with two attached hydrogens (primary N) is 2. The molecular weight excluding hydrogens is 1870 g/mol. The number of carboxylic acids is 2. The van der Waals surface area contributed by atoms with Crippen LogP contribution in [0.5, 0.6) is 0 Å². The van der Waals surface area contributed by atoms with Gasteiger partial charge in [-0.05, 0) is 157 Å². The molecule has 0 radical (unpaired) electrons. The summed E-state index contributed by atoms with van der Waals surface area (Å²) in [7, 11) is 0. The number of carboxylic acid groups (broad SMARTS) is 2. The monoisotopic (exact) mass is 1940 g/mol. The van der Waals surface area contributed by atoms with Crippen LogP contribution < -0.4 is 32.7 Å². The number of halogens is 17. The molecule has 4 atom stereocenters. The number of amides is 2. The first-order valence-corrected chi connectivity index (χ1v) is 40.6. The second kappa shape index (κ2) is 42.8. The van der Waals surface area contributed by atoms with Gasteiger partial charge < -0.3 is 67.0 Å². The van der Waals surface area contributed by atoms with Gasteiger partial charge in [0.05, 0.1) is 118 Å². The third-order valence-electron chi connectivity index (χ3n) is 20.1. The number of nitrogen functional groups attached to an aromatic ring is 1. The van der Waals surface area contributed by atoms with Crippen LogP contribution in [-0.4, -0.2) is 177 Å². The van der Waals surface area contributed by atoms with Gasteiger partial charge in [-0.1, -0.05) is 11.6 Å². The summed E-state index contributed by atoms with van der Waals surface area (Å²) in [6.45, 7) is 13.9. The number of aromatic nitrogens is 8. The van der Waals surface area contributed by atoms with Gasteiger partial charge in [-0.2, -0.15) is 52.7 Å². The van der Waals surface area contributed by atoms with Crippen molar-refractivity contribution in [2.45, 2.75) is 102 Å². The van der Waals surface area contributed by atoms with Crippen LogP contribution in [0.4, 0.5) is 92.9 Å². The Kier molecular flexibility index (Phi) is 33.0. The number of fused-ring (bicyclic) bond motifs is 4. The number of nitrogens with zero attached hydrogens (tertiary/aromatic N) is 13. The largest absolute Gasteiger partial charge is 0.478 e. The highest BCUT2D eigenvalue weighted by Gasteiger charge is 2.39. The third kappa shape index (κ3) is 27.0. The molecule has 51 heteroatoms. The number of non-ortho nitro benzene ring substituents is 3. The molecule has 131 heavy (non-hydrogen) atoms. The first-order chi connectivity index (χ1) is 61.4. The quantitative estimate of drug-likeness (QED) is 0.0105. The number of hydrogen-bond donors (Lipinski definition) is 8. The van der Waals surface area contributed by atoms with E-state index in [9.17, 15) is 102 Å². The number of nitrogens with one attached hydrogen (secondary N) is 4. The first kappa shape index (κ1) is 101. The number of carbonyl (C=O) groups is 4. The molecular formula is C80H74Cl5F12N19O15. The molecule has 15 rings (SSSR count). The fraction of sp³-hybridized carbons (Fsp3) is 0.350. The second-order valence-corrected chi connectivity index (χ2v) is 31.1. The molecule has 10 N–H and O–H groups in total. The number of rotatable bonds is 17. The molecule has 0 bridgehead atoms. The van der Waals surface area contributed by atoms with Crippen LogP contribution in [0.2, 0.25) is 26.3 Å². The lowest BCUT2D eigenvalue weighted by Crippen LogP contribution is -2.41. The van der Waals surface area contributed by atoms with E-state index in [1.165, 1.54) is 32.1 Å². The molecule has 698 valence electrons. The van der Waals surface area contributed by atoms with Crippen LogP contribution in [0, 0.1) is 30.3 Å². The van der Waals surface area contributed by atoms with Crippen molar-refractivity contribution < 1.29 is 111 Å². The molecule has 2 amide bonds. The minimum Gasteiger partial charge on any atom is -0.478 e. The van der Waals surface area contributed by atoms with Gasteiger partial charge in [-0.15, -0.1) is 0 Å². The SMILES string of the molecule is C1COCCN1.C[C@@H](N)c1cc([N+](=O)[O-])cc(C(F)(F)F)c1.C[C@@H](Nc1nc(Cl)nc2c1CC(C(=O)N1CCOCC1)=C2)c1cc(N)cc(C(F)(F)F)c1.C[C@@H](Nc1nc(Cl)nc2c1CC(C(=O)N1CCOCC1)=C2)c1cc([N+](=O)[O-])cc(C(F)(F)F)c1.C[C@@H](Nc1nc(Cl)nc2c1CC(C(=O)O)=C2)c1cc([N+](=O)[O-])cc(C(F)(F)F)c1.O=C(O)C1=Cc2nc(Cl)nc(Cl)c2C1. The number of morpholine rings is 3. The Morgan fingerprint density at radius 1 is 0.420 bits per heavy atom. The lowest BCUT2D eigenvalue weighted by molar-refractivity contribution is -0.385. The van der Waals surface area contributed by atoms with Gasteiger partial charge in [0.2, 0.25) is 32.9 Å². The molecule has 0 spiro atoms. The van der Waals surface area contributed by atoms with Crippen LogP contribution in [-0.2, 0) is 83.8 Å². The van der Waals surface area contributed by atoms with Gasteiger partial charge in [0, 0.05) is 158 Å². The molecule has 4 aromatic heterocycles. The summed E-state index contributed by atoms with van der Waals surface area (Å²) in [5, 5.41) is 62.6. The molecule has 34 nitrogen and oxygen atoms in total. The minimum atomic E-state index is -4.76. The van der Waals surface area contributed by atoms with Gasteiger partial charge in [0.1, 0.15) is 22.6 Å². The van der Waals surface area contributed by atoms with Crippen molar-refractivity contribution >= 4 is 146 Å². The van der Waals surface area contributed by atoms with E-state index in [2.05, 4.69) is 61.1 Å². The Hall–Kier alpha value is -12.2. The Balaban J connectivity index is 0.000000172. The zero-order valence-corrected chi connectivity index (χ0v) is 72.2. The standard InChI is InChI=1S/C21H19ClF3N5O4.C21H21ClF3N5O2.C17H12ClF3N4O4.C9H9F3N2O2.C8H4Cl2N2O2.C4H9NO/c1-11(12-6-14(21(23,24)25)10-15(7-12)30(32)33)26-18-16-8-13(9-17(16)27-20(22)28-18)19(31)29-2-4-34-5-3-29;1-11(12-6-14(21(23,24)25)10-15(26)7-12)27-18-16-8-13(9-17(16)28-20(22)29-18)19(31)30-2-4-32-5-3-30;1-7(8-2-10(17(19,20)21)6-11(3-8)25(28)29)22-14-12-4-9(15(26)27)5-13(12)23-16(18)24-14;1-5(13)6-2-7(9(10,11)12)4-8(3-6)14(15)16;9-6-4-1-3(7(13)14)2-5(4)11-8(10)12-6;1-3-6-4-2-5-1/h6-7,9-11H,2-5,8H2,1H3,(H,26,27,28);6-7,9-11H,2-5,8,26H2,1H3,(H,27,28,29);2-3,5-7H,4H2,1H3,(H,26,27)(H,22,23,24);2-5H,13H2,1H3;2H,1H2,(H,13,14);5H,1-4H2/t2*11-;7-;5-;;/m1111../s1. The second-order valence-electron chi connectivity index (χ2n) is 29.4. The van der Waals surface area contributed by atoms with Gasteiger partial charge >= 0.3 is 36.6 Å². The number of nitro groups is 3. The Labute approximate surface area is 758 Å². The maximum Gasteiger partial charge on any atom is 0.416 e. The average molecular weight is 1950 g/mol. The summed E-state index contributed by atoms with van der Waals surface area (Å²) in [4.78, 5) is 113. The van der Waals surface area contributed by atoms with Crippen LogP contribution in [0.3, 0.4) is 0 Å². The maximum atomic E-state index is 13.3. The van der Waals surface area contributed by atoms with E-state index in [-0.39, 0.29) is 108 Å². The molecule has 0 unspecified atom stereocenters. The number of alkyl halides is 12. The minimum absolute atomic E-state index is 0.000370. The predicted octanol–water partition coefficient (Wildman–Crippen LogP) is 16.0. The normalized spacial score (nSPS) is 15.8. The van der Waals surface area contributed by atoms with Crippen molar-refractivity contribution in [2.75, 3.05) is 101 Å². The smallest absolute Gasteiger partial charge is 0.416 e.